The predicted molar refractivity (Wildman–Crippen MR) is 266 cm³/mol. The fourth-order valence-corrected chi connectivity index (χ4v) is 11.1. The highest BCUT2D eigenvalue weighted by Gasteiger charge is 2.46. The highest BCUT2D eigenvalue weighted by atomic mass is 32.2. The van der Waals surface area contributed by atoms with Gasteiger partial charge in [-0.2, -0.15) is 19.0 Å². The van der Waals surface area contributed by atoms with E-state index in [0.29, 0.717) is 90.3 Å². The van der Waals surface area contributed by atoms with Crippen LogP contribution in [0, 0.1) is 11.7 Å². The standard InChI is InChI=1S/C51H52F3N11O8S/c1-28(30-7-10-33(52)11-8-30)73-40-24-31(9-12-37(40)60-74(71,72)51(53)54)45-44-46(61(2)59-45)36(26-56-47(44)55)32-25-57-64(27-32)34-18-22-63(23-19-34)42(67)15-6-29-16-20-62(21-17-29)38-5-3-4-35-43(38)50(70)65(49(35)69)39-13-14-41(66)58-48(39)68/h3-5,7-12,24-29,34,39,51,60H,6,13-23H2,1-2H3,(H2,55,56)(H,58,66,68)/t28-,39?/m0/s1. The third kappa shape index (κ3) is 9.50. The number of sulfonamides is 1. The van der Waals surface area contributed by atoms with E-state index in [9.17, 15) is 45.6 Å². The lowest BCUT2D eigenvalue weighted by atomic mass is 9.91. The summed E-state index contributed by atoms with van der Waals surface area (Å²) < 4.78 is 76.8. The Kier molecular flexibility index (Phi) is 13.4. The average molecular weight is 1040 g/mol. The van der Waals surface area contributed by atoms with Gasteiger partial charge in [-0.25, -0.2) is 17.8 Å². The number of rotatable bonds is 14. The van der Waals surface area contributed by atoms with Gasteiger partial charge in [0.25, 0.3) is 21.8 Å². The molecule has 0 radical (unpaired) electrons. The summed E-state index contributed by atoms with van der Waals surface area (Å²) in [6, 6.07) is 13.9. The first-order valence-corrected chi connectivity index (χ1v) is 25.9. The number of hydrogen-bond donors (Lipinski definition) is 3. The summed E-state index contributed by atoms with van der Waals surface area (Å²) in [5, 5.41) is 12.2. The van der Waals surface area contributed by atoms with E-state index in [2.05, 4.69) is 15.2 Å². The number of carbonyl (C=O) groups is 5. The second-order valence-corrected chi connectivity index (χ2v) is 20.8. The highest BCUT2D eigenvalue weighted by molar-refractivity contribution is 7.93. The summed E-state index contributed by atoms with van der Waals surface area (Å²) >= 11 is 0. The zero-order chi connectivity index (χ0) is 52.2. The van der Waals surface area contributed by atoms with Gasteiger partial charge in [0.05, 0.1) is 45.6 Å². The number of aromatic nitrogens is 5. The van der Waals surface area contributed by atoms with Crippen molar-refractivity contribution in [1.82, 2.24) is 39.7 Å². The first-order chi connectivity index (χ1) is 35.4. The number of imide groups is 2. The normalized spacial score (nSPS) is 18.4. The van der Waals surface area contributed by atoms with Crippen LogP contribution in [0.1, 0.15) is 96.7 Å². The quantitative estimate of drug-likeness (QED) is 0.0979. The Bertz CT molecular complexity index is 3330. The molecular weight excluding hydrogens is 984 g/mol. The third-order valence-electron chi connectivity index (χ3n) is 14.5. The maximum atomic E-state index is 13.7. The number of piperidine rings is 3. The summed E-state index contributed by atoms with van der Waals surface area (Å²) in [5.41, 5.74) is 10.8. The van der Waals surface area contributed by atoms with E-state index in [1.807, 2.05) is 26.6 Å². The Morgan fingerprint density at radius 1 is 0.919 bits per heavy atom. The van der Waals surface area contributed by atoms with Gasteiger partial charge in [-0.05, 0) is 93.3 Å². The molecule has 7 heterocycles. The van der Waals surface area contributed by atoms with E-state index in [4.69, 9.17) is 20.7 Å². The van der Waals surface area contributed by atoms with Crippen molar-refractivity contribution >= 4 is 67.7 Å². The van der Waals surface area contributed by atoms with Crippen molar-refractivity contribution in [2.75, 3.05) is 41.5 Å². The maximum Gasteiger partial charge on any atom is 0.355 e. The van der Waals surface area contributed by atoms with Crippen LogP contribution in [0.2, 0.25) is 0 Å². The summed E-state index contributed by atoms with van der Waals surface area (Å²) in [5.74, 6) is -5.87. The number of fused-ring (bicyclic) bond motifs is 2. The minimum absolute atomic E-state index is 0.0194. The van der Waals surface area contributed by atoms with Crippen molar-refractivity contribution in [2.45, 2.75) is 82.2 Å². The molecule has 3 aromatic heterocycles. The van der Waals surface area contributed by atoms with Crippen molar-refractivity contribution in [3.05, 3.63) is 102 Å². The SMILES string of the molecule is C[C@H](Oc1cc(-c2nn(C)c3c(-c4cnn(C5CCN(C(=O)CCC6CCN(c7cccc8c7C(=O)N(C7CCC(=O)NC7=O)C8=O)CC6)CC5)c4)cnc(N)c23)ccc1NS(=O)(=O)C(F)F)c1ccc(F)cc1. The number of amides is 5. The molecule has 1 unspecified atom stereocenters. The molecule has 4 aliphatic rings. The number of nitrogen functional groups attached to an aromatic ring is 1. The smallest absolute Gasteiger partial charge is 0.355 e. The zero-order valence-electron chi connectivity index (χ0n) is 40.3. The molecule has 3 saturated heterocycles. The van der Waals surface area contributed by atoms with Crippen LogP contribution in [-0.4, -0.2) is 110 Å². The number of alkyl halides is 2. The molecule has 4 aliphatic heterocycles. The van der Waals surface area contributed by atoms with E-state index in [0.717, 1.165) is 29.7 Å². The maximum absolute atomic E-state index is 13.7. The molecule has 386 valence electrons. The molecule has 23 heteroatoms. The predicted octanol–water partition coefficient (Wildman–Crippen LogP) is 6.59. The number of benzene rings is 3. The molecule has 10 rings (SSSR count). The molecular formula is C51H52F3N11O8S. The number of nitrogens with zero attached hydrogens (tertiary/aromatic N) is 8. The van der Waals surface area contributed by atoms with Crippen LogP contribution in [-0.2, 0) is 31.5 Å². The zero-order valence-corrected chi connectivity index (χ0v) is 41.2. The fraction of sp³-hybridized carbons (Fsp3) is 0.373. The Labute approximate surface area is 422 Å². The van der Waals surface area contributed by atoms with Crippen LogP contribution < -0.4 is 25.4 Å². The molecule has 19 nitrogen and oxygen atoms in total. The molecule has 2 atom stereocenters. The number of hydrogen-bond acceptors (Lipinski definition) is 13. The van der Waals surface area contributed by atoms with Gasteiger partial charge in [0.15, 0.2) is 0 Å². The Morgan fingerprint density at radius 2 is 1.66 bits per heavy atom. The van der Waals surface area contributed by atoms with Gasteiger partial charge in [-0.15, -0.1) is 0 Å². The molecule has 4 N–H and O–H groups in total. The lowest BCUT2D eigenvalue weighted by molar-refractivity contribution is -0.136. The van der Waals surface area contributed by atoms with E-state index < -0.39 is 57.4 Å². The van der Waals surface area contributed by atoms with Crippen molar-refractivity contribution in [3.63, 3.8) is 0 Å². The van der Waals surface area contributed by atoms with Gasteiger partial charge >= 0.3 is 5.76 Å². The van der Waals surface area contributed by atoms with Gasteiger partial charge in [-0.1, -0.05) is 24.3 Å². The molecule has 3 aromatic carbocycles. The fourth-order valence-electron chi connectivity index (χ4n) is 10.6. The minimum Gasteiger partial charge on any atom is -0.484 e. The number of nitrogens with one attached hydrogen (secondary N) is 2. The van der Waals surface area contributed by atoms with Gasteiger partial charge in [0.1, 0.15) is 35.2 Å². The van der Waals surface area contributed by atoms with Crippen LogP contribution in [0.5, 0.6) is 5.75 Å². The van der Waals surface area contributed by atoms with Crippen LogP contribution >= 0.6 is 0 Å². The average Bonchev–Trinajstić information content (AvgIpc) is 4.09. The molecule has 0 aliphatic carbocycles. The van der Waals surface area contributed by atoms with Crippen LogP contribution in [0.15, 0.2) is 79.3 Å². The second kappa shape index (κ2) is 19.9. The van der Waals surface area contributed by atoms with Crippen LogP contribution in [0.25, 0.3) is 33.3 Å². The summed E-state index contributed by atoms with van der Waals surface area (Å²) in [7, 11) is -3.35. The third-order valence-corrected chi connectivity index (χ3v) is 15.5. The monoisotopic (exact) mass is 1040 g/mol. The lowest BCUT2D eigenvalue weighted by Crippen LogP contribution is -2.54. The topological polar surface area (TPSA) is 237 Å². The van der Waals surface area contributed by atoms with Gasteiger partial charge in [0, 0.05) is 75.2 Å². The van der Waals surface area contributed by atoms with Crippen molar-refractivity contribution < 1.29 is 50.3 Å². The molecule has 0 bridgehead atoms. The first-order valence-electron chi connectivity index (χ1n) is 24.3. The van der Waals surface area contributed by atoms with Crippen LogP contribution in [0.4, 0.5) is 30.4 Å². The second-order valence-electron chi connectivity index (χ2n) is 19.1. The summed E-state index contributed by atoms with van der Waals surface area (Å²) in [6.45, 7) is 4.05. The van der Waals surface area contributed by atoms with Gasteiger partial charge < -0.3 is 20.3 Å². The molecule has 3 fully saturated rings. The number of carbonyl (C=O) groups excluding carboxylic acids is 5. The molecule has 6 aromatic rings. The summed E-state index contributed by atoms with van der Waals surface area (Å²) in [4.78, 5) is 74.5. The van der Waals surface area contributed by atoms with Gasteiger partial charge in [0.2, 0.25) is 17.7 Å². The largest absolute Gasteiger partial charge is 0.484 e. The molecule has 74 heavy (non-hydrogen) atoms. The summed E-state index contributed by atoms with van der Waals surface area (Å²) in [6.07, 6.45) is 8.77. The van der Waals surface area contributed by atoms with E-state index in [1.165, 1.54) is 42.5 Å². The van der Waals surface area contributed by atoms with Gasteiger partial charge in [-0.3, -0.25) is 48.3 Å². The first kappa shape index (κ1) is 49.7. The number of anilines is 3. The number of ether oxygens (including phenoxy) is 1. The van der Waals surface area contributed by atoms with E-state index in [1.54, 1.807) is 43.2 Å². The van der Waals surface area contributed by atoms with E-state index in [-0.39, 0.29) is 53.2 Å². The number of pyridine rings is 1. The Balaban J connectivity index is 0.768. The Morgan fingerprint density at radius 3 is 2.38 bits per heavy atom. The highest BCUT2D eigenvalue weighted by Crippen LogP contribution is 2.42. The number of aryl methyl sites for hydroxylation is 1. The molecule has 5 amide bonds. The number of likely N-dealkylation sites (tertiary alicyclic amines) is 1. The van der Waals surface area contributed by atoms with Crippen molar-refractivity contribution in [3.8, 4) is 28.1 Å². The van der Waals surface area contributed by atoms with Crippen LogP contribution in [0.3, 0.4) is 0 Å². The minimum atomic E-state index is -5.08. The number of halogens is 3. The molecule has 0 spiro atoms. The molecule has 0 saturated carbocycles. The van der Waals surface area contributed by atoms with Crippen molar-refractivity contribution in [2.24, 2.45) is 13.0 Å². The lowest BCUT2D eigenvalue weighted by Gasteiger charge is -2.35. The van der Waals surface area contributed by atoms with Crippen molar-refractivity contribution in [1.29, 1.82) is 0 Å². The van der Waals surface area contributed by atoms with E-state index >= 15 is 0 Å². The Hall–Kier alpha value is -7.82. The number of nitrogens with two attached hydrogens (primary N) is 1.